The van der Waals surface area contributed by atoms with E-state index in [4.69, 9.17) is 29.9 Å². The van der Waals surface area contributed by atoms with E-state index in [9.17, 15) is 0 Å². The van der Waals surface area contributed by atoms with Crippen molar-refractivity contribution in [2.45, 2.75) is 0 Å². The average molecular weight is 697 g/mol. The molecule has 0 saturated heterocycles. The van der Waals surface area contributed by atoms with Gasteiger partial charge in [-0.2, -0.15) is 0 Å². The van der Waals surface area contributed by atoms with Crippen LogP contribution in [0.1, 0.15) is 0 Å². The van der Waals surface area contributed by atoms with Gasteiger partial charge in [0.05, 0.1) is 0 Å². The van der Waals surface area contributed by atoms with Gasteiger partial charge in [0.1, 0.15) is 0 Å². The summed E-state index contributed by atoms with van der Waals surface area (Å²) in [6, 6.07) is 30.4. The van der Waals surface area contributed by atoms with Gasteiger partial charge in [0.25, 0.3) is 0 Å². The molecular weight excluding hydrogens is 679 g/mol. The summed E-state index contributed by atoms with van der Waals surface area (Å²) < 4.78 is 1.11. The summed E-state index contributed by atoms with van der Waals surface area (Å²) in [5, 5.41) is 3.89. The van der Waals surface area contributed by atoms with Crippen LogP contribution in [-0.4, -0.2) is 69.4 Å². The Morgan fingerprint density at radius 3 is 1.28 bits per heavy atom. The second-order valence-corrected chi connectivity index (χ2v) is 11.0. The first-order valence-corrected chi connectivity index (χ1v) is 14.1. The van der Waals surface area contributed by atoms with Crippen molar-refractivity contribution >= 4 is 77.6 Å². The van der Waals surface area contributed by atoms with Crippen LogP contribution >= 0.6 is 0 Å². The van der Waals surface area contributed by atoms with E-state index < -0.39 is 0 Å². The van der Waals surface area contributed by atoms with Gasteiger partial charge in [0.2, 0.25) is 0 Å². The third kappa shape index (κ3) is 4.42. The van der Waals surface area contributed by atoms with Crippen molar-refractivity contribution in [1.82, 2.24) is 39.9 Å². The molecule has 7 aromatic rings. The maximum absolute atomic E-state index is 5.08. The zero-order valence-corrected chi connectivity index (χ0v) is 24.5. The fraction of sp³-hybridized carbons (Fsp3) is 0. The van der Waals surface area contributed by atoms with E-state index in [-0.39, 0.29) is 46.6 Å². The van der Waals surface area contributed by atoms with E-state index in [1.165, 1.54) is 0 Å². The van der Waals surface area contributed by atoms with Crippen LogP contribution in [0.4, 0.5) is 0 Å². The zero-order chi connectivity index (χ0) is 27.1. The molecule has 0 saturated carbocycles. The van der Waals surface area contributed by atoms with Gasteiger partial charge >= 0.3 is 268 Å². The van der Waals surface area contributed by atoms with Crippen molar-refractivity contribution in [1.29, 1.82) is 0 Å². The molecule has 2 aliphatic heterocycles. The molecule has 5 heterocycles. The van der Waals surface area contributed by atoms with Crippen LogP contribution in [0.3, 0.4) is 0 Å². The van der Waals surface area contributed by atoms with E-state index >= 15 is 0 Å². The molecule has 2 aliphatic rings. The zero-order valence-electron chi connectivity index (χ0n) is 21.6. The molecule has 0 fully saturated rings. The first kappa shape index (κ1) is 28.2. The Labute approximate surface area is 288 Å². The van der Waals surface area contributed by atoms with Crippen molar-refractivity contribution in [3.63, 3.8) is 0 Å². The molecule has 43 heavy (non-hydrogen) atoms. The third-order valence-corrected chi connectivity index (χ3v) is 8.38. The van der Waals surface area contributed by atoms with E-state index in [2.05, 4.69) is 22.1 Å². The van der Waals surface area contributed by atoms with Gasteiger partial charge in [0.15, 0.2) is 0 Å². The van der Waals surface area contributed by atoms with Crippen molar-refractivity contribution in [2.75, 3.05) is 0 Å². The molecule has 3 aromatic heterocycles. The molecule has 0 atom stereocenters. The molecule has 0 amide bonds. The minimum atomic E-state index is 0. The van der Waals surface area contributed by atoms with E-state index in [1.54, 1.807) is 0 Å². The number of benzene rings is 4. The topological polar surface area (TPSA) is 109 Å². The van der Waals surface area contributed by atoms with Crippen LogP contribution in [0.2, 0.25) is 0 Å². The number of hydrogen-bond donors (Lipinski definition) is 2. The summed E-state index contributed by atoms with van der Waals surface area (Å²) in [4.78, 5) is 37.0. The second-order valence-electron chi connectivity index (χ2n) is 9.93. The van der Waals surface area contributed by atoms with Crippen LogP contribution in [0.15, 0.2) is 91.0 Å². The molecule has 2 N–H and O–H groups in total. The van der Waals surface area contributed by atoms with Gasteiger partial charge in [-0.25, -0.2) is 0 Å². The summed E-state index contributed by atoms with van der Waals surface area (Å²) in [5.41, 5.74) is 6.49. The SMILES string of the molecule is [Cu].[Mo][c]1cccc2c3nc4nc(nc5[nH]c(nc6nc(nc([nH]3)c12)-c1ccccc1-6)c1ccccc51)-c1ccccc1-4.[NaH]. The number of nitrogens with zero attached hydrogens (tertiary/aromatic N) is 6. The standard InChI is InChI=1S/C32H17N8.Cu.Mo.Na.H/c1-2-10-18-17(9-1)25-33-26(18)38-28-21-13-5-6-14-22(21)30(35-28)40-32-24-16-8-7-15-23(24)31(36-32)39-29-20-12-4-3-11-19(20)27(34-29)37-25;;;;/h1-15H,(H2,33,34,35,36,37,38,39,40);;;;. The number of rotatable bonds is 0. The van der Waals surface area contributed by atoms with Gasteiger partial charge < -0.3 is 0 Å². The molecule has 8 bridgehead atoms. The summed E-state index contributed by atoms with van der Waals surface area (Å²) in [5.74, 6) is 2.40. The van der Waals surface area contributed by atoms with E-state index in [1.807, 2.05) is 98.7 Å². The number of hydrogen-bond acceptors (Lipinski definition) is 6. The fourth-order valence-electron chi connectivity index (χ4n) is 5.66. The Morgan fingerprint density at radius 2 is 0.791 bits per heavy atom. The average Bonchev–Trinajstić information content (AvgIpc) is 3.73. The van der Waals surface area contributed by atoms with Crippen molar-refractivity contribution < 1.29 is 36.9 Å². The number of fused-ring (bicyclic) bond motifs is 20. The predicted octanol–water partition coefficient (Wildman–Crippen LogP) is 5.39. The van der Waals surface area contributed by atoms with Crippen LogP contribution in [-0.2, 0) is 36.9 Å². The predicted molar refractivity (Wildman–Crippen MR) is 163 cm³/mol. The third-order valence-electron chi connectivity index (χ3n) is 7.54. The molecule has 0 spiro atoms. The van der Waals surface area contributed by atoms with E-state index in [0.717, 1.165) is 47.8 Å². The molecule has 9 rings (SSSR count). The summed E-state index contributed by atoms with van der Waals surface area (Å²) in [7, 11) is 0. The second kappa shape index (κ2) is 10.9. The normalized spacial score (nSPS) is 11.4. The van der Waals surface area contributed by atoms with Crippen LogP contribution in [0.25, 0.3) is 89.7 Å². The number of H-pyrrole nitrogens is 2. The number of aromatic nitrogens is 8. The quantitative estimate of drug-likeness (QED) is 0.206. The van der Waals surface area contributed by atoms with Crippen LogP contribution in [0.5, 0.6) is 0 Å². The van der Waals surface area contributed by atoms with Crippen molar-refractivity contribution in [3.05, 3.63) is 91.0 Å². The van der Waals surface area contributed by atoms with Gasteiger partial charge in [0, 0.05) is 17.1 Å². The first-order chi connectivity index (χ1) is 20.2. The Morgan fingerprint density at radius 1 is 0.419 bits per heavy atom. The maximum atomic E-state index is 5.08. The van der Waals surface area contributed by atoms with E-state index in [0.29, 0.717) is 45.9 Å². The van der Waals surface area contributed by atoms with Crippen molar-refractivity contribution in [2.24, 2.45) is 0 Å². The molecule has 0 unspecified atom stereocenters. The van der Waals surface area contributed by atoms with Crippen LogP contribution < -0.4 is 3.95 Å². The number of aromatic amines is 2. The van der Waals surface area contributed by atoms with Crippen LogP contribution in [0, 0.1) is 0 Å². The van der Waals surface area contributed by atoms with Gasteiger partial charge in [-0.1, -0.05) is 6.07 Å². The monoisotopic (exact) mass is 698 g/mol. The minimum absolute atomic E-state index is 0. The Bertz CT molecular complexity index is 2410. The molecular formula is C32H18CuMoN8Na. The summed E-state index contributed by atoms with van der Waals surface area (Å²) in [6.45, 7) is 0. The number of nitrogens with one attached hydrogen (secondary N) is 2. The molecule has 4 aromatic carbocycles. The summed E-state index contributed by atoms with van der Waals surface area (Å²) in [6.07, 6.45) is 0. The Hall–Kier alpha value is -3.55. The molecule has 11 heteroatoms. The summed E-state index contributed by atoms with van der Waals surface area (Å²) >= 11 is 1.99. The van der Waals surface area contributed by atoms with Gasteiger partial charge in [-0.05, 0) is 0 Å². The Kier molecular flexibility index (Phi) is 7.13. The first-order valence-electron chi connectivity index (χ1n) is 13.1. The molecule has 1 radical (unpaired) electrons. The Balaban J connectivity index is 0.00000150. The molecule has 8 nitrogen and oxygen atoms in total. The van der Waals surface area contributed by atoms with Gasteiger partial charge in [-0.3, -0.25) is 0 Å². The van der Waals surface area contributed by atoms with Gasteiger partial charge in [-0.15, -0.1) is 0 Å². The van der Waals surface area contributed by atoms with Crippen molar-refractivity contribution in [3.8, 4) is 45.6 Å². The molecule has 204 valence electrons. The fourth-order valence-corrected chi connectivity index (χ4v) is 6.36. The molecule has 0 aliphatic carbocycles.